The lowest BCUT2D eigenvalue weighted by Gasteiger charge is -2.13. The summed E-state index contributed by atoms with van der Waals surface area (Å²) < 4.78 is 0. The van der Waals surface area contributed by atoms with Crippen LogP contribution in [0, 0.1) is 0 Å². The predicted molar refractivity (Wildman–Crippen MR) is 108 cm³/mol. The van der Waals surface area contributed by atoms with Crippen LogP contribution in [0.5, 0.6) is 0 Å². The first-order valence-corrected chi connectivity index (χ1v) is 9.40. The Hall–Kier alpha value is -1.91. The maximum Gasteiger partial charge on any atom is 0.303 e. The molecule has 2 unspecified atom stereocenters. The minimum absolute atomic E-state index is 0.191. The Bertz CT molecular complexity index is 486. The minimum atomic E-state index is -0.758. The molecule has 0 heterocycles. The Balaban J connectivity index is 3.61. The second-order valence-corrected chi connectivity index (χ2v) is 6.01. The summed E-state index contributed by atoms with van der Waals surface area (Å²) in [5.74, 6) is -0.758. The summed E-state index contributed by atoms with van der Waals surface area (Å²) in [6, 6.07) is 0. The molecule has 0 aromatic heterocycles. The van der Waals surface area contributed by atoms with E-state index in [2.05, 4.69) is 36.5 Å². The topological polar surface area (TPSA) is 77.8 Å². The lowest BCUT2D eigenvalue weighted by Crippen LogP contribution is -2.23. The van der Waals surface area contributed by atoms with Gasteiger partial charge in [0.1, 0.15) is 0 Å². The van der Waals surface area contributed by atoms with Crippen molar-refractivity contribution in [1.29, 1.82) is 0 Å². The van der Waals surface area contributed by atoms with E-state index in [-0.39, 0.29) is 6.42 Å². The quantitative estimate of drug-likeness (QED) is 0.369. The first-order chi connectivity index (χ1) is 12.6. The Kier molecular flexibility index (Phi) is 16.6. The molecular formula is C22H34O4. The van der Waals surface area contributed by atoms with Crippen molar-refractivity contribution in [2.45, 2.75) is 70.5 Å². The van der Waals surface area contributed by atoms with E-state index >= 15 is 0 Å². The van der Waals surface area contributed by atoms with Crippen molar-refractivity contribution in [1.82, 2.24) is 0 Å². The highest BCUT2D eigenvalue weighted by atomic mass is 16.4. The number of rotatable bonds is 15. The first kappa shape index (κ1) is 24.1. The van der Waals surface area contributed by atoms with Gasteiger partial charge in [-0.25, -0.2) is 0 Å². The summed E-state index contributed by atoms with van der Waals surface area (Å²) in [6.45, 7) is 1.85. The van der Waals surface area contributed by atoms with E-state index in [9.17, 15) is 15.0 Å². The SMILES string of the molecule is CCC(O)C(O)C/C=C\C/C=C\C/C=C\C/C=C\C/C=C\CCC(=O)O. The van der Waals surface area contributed by atoms with E-state index in [0.29, 0.717) is 19.3 Å². The second kappa shape index (κ2) is 17.9. The summed E-state index contributed by atoms with van der Waals surface area (Å²) in [7, 11) is 0. The number of aliphatic carboxylic acids is 1. The summed E-state index contributed by atoms with van der Waals surface area (Å²) >= 11 is 0. The molecule has 0 radical (unpaired) electrons. The van der Waals surface area contributed by atoms with Gasteiger partial charge < -0.3 is 15.3 Å². The highest BCUT2D eigenvalue weighted by molar-refractivity contribution is 5.66. The van der Waals surface area contributed by atoms with Gasteiger partial charge in [0.25, 0.3) is 0 Å². The molecule has 0 aromatic carbocycles. The van der Waals surface area contributed by atoms with Crippen LogP contribution in [-0.2, 0) is 4.79 Å². The molecule has 26 heavy (non-hydrogen) atoms. The summed E-state index contributed by atoms with van der Waals surface area (Å²) in [5.41, 5.74) is 0. The van der Waals surface area contributed by atoms with Crippen molar-refractivity contribution in [2.75, 3.05) is 0 Å². The predicted octanol–water partition coefficient (Wildman–Crippen LogP) is 4.71. The molecule has 0 aliphatic heterocycles. The van der Waals surface area contributed by atoms with Gasteiger partial charge in [0.2, 0.25) is 0 Å². The number of allylic oxidation sites excluding steroid dienone is 9. The van der Waals surface area contributed by atoms with Crippen molar-refractivity contribution < 1.29 is 20.1 Å². The summed E-state index contributed by atoms with van der Waals surface area (Å²) in [4.78, 5) is 10.3. The monoisotopic (exact) mass is 362 g/mol. The van der Waals surface area contributed by atoms with Crippen LogP contribution in [0.2, 0.25) is 0 Å². The van der Waals surface area contributed by atoms with Crippen LogP contribution in [0.25, 0.3) is 0 Å². The van der Waals surface area contributed by atoms with Gasteiger partial charge in [-0.2, -0.15) is 0 Å². The van der Waals surface area contributed by atoms with Crippen LogP contribution in [0.4, 0.5) is 0 Å². The molecule has 146 valence electrons. The molecule has 0 fully saturated rings. The number of hydrogen-bond acceptors (Lipinski definition) is 3. The Morgan fingerprint density at radius 1 is 0.731 bits per heavy atom. The van der Waals surface area contributed by atoms with Gasteiger partial charge >= 0.3 is 5.97 Å². The van der Waals surface area contributed by atoms with Gasteiger partial charge in [-0.05, 0) is 44.9 Å². The zero-order valence-corrected chi connectivity index (χ0v) is 15.8. The molecule has 4 nitrogen and oxygen atoms in total. The van der Waals surface area contributed by atoms with E-state index in [1.165, 1.54) is 0 Å². The smallest absolute Gasteiger partial charge is 0.303 e. The molecule has 0 saturated carbocycles. The molecule has 0 spiro atoms. The molecule has 0 bridgehead atoms. The molecule has 3 N–H and O–H groups in total. The van der Waals surface area contributed by atoms with Gasteiger partial charge in [0.05, 0.1) is 12.2 Å². The third kappa shape index (κ3) is 16.9. The number of carbonyl (C=O) groups is 1. The first-order valence-electron chi connectivity index (χ1n) is 9.40. The summed E-state index contributed by atoms with van der Waals surface area (Å²) in [5, 5.41) is 27.5. The third-order valence-corrected chi connectivity index (χ3v) is 3.69. The Labute approximate surface area is 157 Å². The molecule has 0 rings (SSSR count). The van der Waals surface area contributed by atoms with E-state index in [1.54, 1.807) is 0 Å². The van der Waals surface area contributed by atoms with Gasteiger partial charge in [-0.15, -0.1) is 0 Å². The standard InChI is InChI=1S/C22H34O4/c1-2-20(23)21(24)18-16-14-12-10-8-6-4-3-5-7-9-11-13-15-17-19-22(25)26/h3-4,7-10,13-16,20-21,23-24H,2,5-6,11-12,17-19H2,1H3,(H,25,26)/b4-3-,9-7-,10-8-,15-13-,16-14-. The van der Waals surface area contributed by atoms with Crippen LogP contribution in [0.15, 0.2) is 60.8 Å². The molecule has 0 aromatic rings. The highest BCUT2D eigenvalue weighted by Crippen LogP contribution is 2.04. The third-order valence-electron chi connectivity index (χ3n) is 3.69. The molecule has 4 heteroatoms. The van der Waals surface area contributed by atoms with E-state index in [0.717, 1.165) is 25.7 Å². The average Bonchev–Trinajstić information content (AvgIpc) is 2.63. The molecular weight excluding hydrogens is 328 g/mol. The fourth-order valence-electron chi connectivity index (χ4n) is 2.07. The number of carboxylic acid groups (broad SMARTS) is 1. The van der Waals surface area contributed by atoms with E-state index in [4.69, 9.17) is 5.11 Å². The van der Waals surface area contributed by atoms with Crippen LogP contribution < -0.4 is 0 Å². The van der Waals surface area contributed by atoms with Crippen molar-refractivity contribution in [3.63, 3.8) is 0 Å². The van der Waals surface area contributed by atoms with Crippen molar-refractivity contribution in [2.24, 2.45) is 0 Å². The molecule has 0 aliphatic carbocycles. The molecule has 0 amide bonds. The van der Waals surface area contributed by atoms with Gasteiger partial charge in [-0.1, -0.05) is 67.7 Å². The van der Waals surface area contributed by atoms with E-state index in [1.807, 2.05) is 31.2 Å². The number of carboxylic acids is 1. The molecule has 0 aliphatic rings. The second-order valence-electron chi connectivity index (χ2n) is 6.01. The van der Waals surface area contributed by atoms with Crippen molar-refractivity contribution in [3.05, 3.63) is 60.8 Å². The normalized spacial score (nSPS) is 15.2. The van der Waals surface area contributed by atoms with Crippen LogP contribution in [-0.4, -0.2) is 33.5 Å². The Morgan fingerprint density at radius 3 is 1.58 bits per heavy atom. The fraction of sp³-hybridized carbons (Fsp3) is 0.500. The van der Waals surface area contributed by atoms with Crippen LogP contribution in [0.3, 0.4) is 0 Å². The maximum absolute atomic E-state index is 10.3. The van der Waals surface area contributed by atoms with E-state index < -0.39 is 18.2 Å². The molecule has 0 saturated heterocycles. The van der Waals surface area contributed by atoms with Crippen LogP contribution in [0.1, 0.15) is 58.3 Å². The molecule has 2 atom stereocenters. The number of hydrogen-bond donors (Lipinski definition) is 3. The number of aliphatic hydroxyl groups excluding tert-OH is 2. The lowest BCUT2D eigenvalue weighted by molar-refractivity contribution is -0.136. The van der Waals surface area contributed by atoms with Gasteiger partial charge in [0, 0.05) is 6.42 Å². The van der Waals surface area contributed by atoms with Crippen LogP contribution >= 0.6 is 0 Å². The van der Waals surface area contributed by atoms with Crippen molar-refractivity contribution >= 4 is 5.97 Å². The summed E-state index contributed by atoms with van der Waals surface area (Å²) in [6.07, 6.45) is 24.4. The van der Waals surface area contributed by atoms with Crippen molar-refractivity contribution in [3.8, 4) is 0 Å². The zero-order valence-electron chi connectivity index (χ0n) is 15.8. The lowest BCUT2D eigenvalue weighted by atomic mass is 10.1. The fourth-order valence-corrected chi connectivity index (χ4v) is 2.07. The number of aliphatic hydroxyl groups is 2. The van der Waals surface area contributed by atoms with Gasteiger partial charge in [0.15, 0.2) is 0 Å². The largest absolute Gasteiger partial charge is 0.481 e. The highest BCUT2D eigenvalue weighted by Gasteiger charge is 2.11. The maximum atomic E-state index is 10.3. The van der Waals surface area contributed by atoms with Gasteiger partial charge in [-0.3, -0.25) is 4.79 Å². The minimum Gasteiger partial charge on any atom is -0.481 e. The average molecular weight is 363 g/mol. The zero-order chi connectivity index (χ0) is 19.5. The Morgan fingerprint density at radius 2 is 1.15 bits per heavy atom.